The first-order valence-electron chi connectivity index (χ1n) is 7.68. The van der Waals surface area contributed by atoms with Crippen molar-refractivity contribution >= 4 is 10.9 Å². The number of nitrogens with zero attached hydrogens (tertiary/aromatic N) is 1. The lowest BCUT2D eigenvalue weighted by atomic mass is 10.2. The summed E-state index contributed by atoms with van der Waals surface area (Å²) in [6, 6.07) is 11.7. The van der Waals surface area contributed by atoms with Crippen LogP contribution in [0.4, 0.5) is 4.39 Å². The molecule has 1 atom stereocenters. The third-order valence-corrected chi connectivity index (χ3v) is 3.87. The molecule has 0 spiro atoms. The van der Waals surface area contributed by atoms with Crippen LogP contribution in [-0.4, -0.2) is 24.1 Å². The Morgan fingerprint density at radius 1 is 1.21 bits per heavy atom. The van der Waals surface area contributed by atoms with Gasteiger partial charge in [0.15, 0.2) is 5.82 Å². The Hall–Kier alpha value is -2.73. The number of halogens is 1. The molecule has 0 saturated heterocycles. The molecular weight excluding hydrogens is 309 g/mol. The number of para-hydroxylation sites is 1. The van der Waals surface area contributed by atoms with Crippen LogP contribution in [0.25, 0.3) is 10.9 Å². The van der Waals surface area contributed by atoms with Gasteiger partial charge >= 0.3 is 0 Å². The highest BCUT2D eigenvalue weighted by Gasteiger charge is 2.13. The summed E-state index contributed by atoms with van der Waals surface area (Å²) in [4.78, 5) is 20.5. The summed E-state index contributed by atoms with van der Waals surface area (Å²) in [6.45, 7) is 1.07. The van der Waals surface area contributed by atoms with Gasteiger partial charge in [-0.3, -0.25) is 4.79 Å². The second kappa shape index (κ2) is 6.80. The largest absolute Gasteiger partial charge is 0.496 e. The van der Waals surface area contributed by atoms with E-state index in [4.69, 9.17) is 4.74 Å². The van der Waals surface area contributed by atoms with Crippen LogP contribution in [0, 0.1) is 5.82 Å². The molecule has 6 heteroatoms. The summed E-state index contributed by atoms with van der Waals surface area (Å²) in [5.74, 6) is 0.957. The maximum Gasteiger partial charge on any atom is 0.258 e. The number of hydrogen-bond acceptors (Lipinski definition) is 3. The van der Waals surface area contributed by atoms with Gasteiger partial charge in [-0.1, -0.05) is 12.1 Å². The molecule has 2 N–H and O–H groups in total. The van der Waals surface area contributed by atoms with E-state index in [1.54, 1.807) is 19.2 Å². The number of aromatic nitrogens is 2. The Kier molecular flexibility index (Phi) is 4.57. The monoisotopic (exact) mass is 328 g/mol. The van der Waals surface area contributed by atoms with E-state index >= 15 is 0 Å². The number of ether oxygens (including phenoxy) is 1. The summed E-state index contributed by atoms with van der Waals surface area (Å²) in [5, 5.41) is 0.575. The number of fused-ring (bicyclic) bond motifs is 1. The van der Waals surface area contributed by atoms with Gasteiger partial charge in [0, 0.05) is 0 Å². The fraction of sp³-hybridized carbons (Fsp3) is 0.222. The lowest BCUT2D eigenvalue weighted by Crippen LogP contribution is -3.06. The van der Waals surface area contributed by atoms with Gasteiger partial charge in [0.05, 0.1) is 30.6 Å². The van der Waals surface area contributed by atoms with Crippen LogP contribution in [0.3, 0.4) is 0 Å². The predicted octanol–water partition coefficient (Wildman–Crippen LogP) is 1.29. The topological polar surface area (TPSA) is 59.4 Å². The third kappa shape index (κ3) is 3.44. The molecule has 3 rings (SSSR count). The highest BCUT2D eigenvalue weighted by Crippen LogP contribution is 2.18. The van der Waals surface area contributed by atoms with Gasteiger partial charge in [-0.25, -0.2) is 9.37 Å². The molecule has 1 heterocycles. The molecule has 0 radical (unpaired) electrons. The molecule has 24 heavy (non-hydrogen) atoms. The van der Waals surface area contributed by atoms with E-state index in [0.29, 0.717) is 35.6 Å². The van der Waals surface area contributed by atoms with E-state index in [0.717, 1.165) is 10.5 Å². The Balaban J connectivity index is 1.81. The first-order valence-corrected chi connectivity index (χ1v) is 7.68. The minimum absolute atomic E-state index is 0.147. The molecule has 0 bridgehead atoms. The highest BCUT2D eigenvalue weighted by atomic mass is 19.1. The smallest absolute Gasteiger partial charge is 0.258 e. The Morgan fingerprint density at radius 3 is 2.79 bits per heavy atom. The minimum Gasteiger partial charge on any atom is -0.496 e. The second-order valence-electron chi connectivity index (χ2n) is 5.80. The molecule has 0 aliphatic carbocycles. The molecule has 0 saturated carbocycles. The average Bonchev–Trinajstić information content (AvgIpc) is 2.55. The Labute approximate surface area is 138 Å². The van der Waals surface area contributed by atoms with Crippen LogP contribution >= 0.6 is 0 Å². The maximum atomic E-state index is 13.5. The van der Waals surface area contributed by atoms with Crippen molar-refractivity contribution in [2.24, 2.45) is 0 Å². The molecular formula is C18H19FN3O2+. The van der Waals surface area contributed by atoms with Crippen LogP contribution in [0.1, 0.15) is 11.4 Å². The van der Waals surface area contributed by atoms with Crippen LogP contribution in [0.15, 0.2) is 47.3 Å². The number of hydrogen-bond donors (Lipinski definition) is 2. The number of nitrogens with one attached hydrogen (secondary N) is 2. The summed E-state index contributed by atoms with van der Waals surface area (Å²) in [7, 11) is 3.52. The second-order valence-corrected chi connectivity index (χ2v) is 5.80. The van der Waals surface area contributed by atoms with Gasteiger partial charge in [0.1, 0.15) is 24.7 Å². The van der Waals surface area contributed by atoms with E-state index in [1.165, 1.54) is 12.1 Å². The number of quaternary nitrogens is 1. The van der Waals surface area contributed by atoms with Crippen molar-refractivity contribution < 1.29 is 14.0 Å². The standard InChI is InChI=1S/C18H18FN3O2/c1-22(10-12-9-13(19)7-8-16(12)24-2)11-17-20-15-6-4-3-5-14(15)18(23)21-17/h3-9H,10-11H2,1-2H3,(H,20,21,23)/p+1. The zero-order chi connectivity index (χ0) is 17.1. The minimum atomic E-state index is -0.296. The van der Waals surface area contributed by atoms with Crippen LogP contribution in [0.5, 0.6) is 5.75 Å². The fourth-order valence-electron chi connectivity index (χ4n) is 2.78. The van der Waals surface area contributed by atoms with Gasteiger partial charge in [-0.15, -0.1) is 0 Å². The van der Waals surface area contributed by atoms with Crippen molar-refractivity contribution in [1.29, 1.82) is 0 Å². The molecule has 3 aromatic rings. The average molecular weight is 328 g/mol. The number of H-pyrrole nitrogens is 1. The number of methoxy groups -OCH3 is 1. The fourth-order valence-corrected chi connectivity index (χ4v) is 2.78. The lowest BCUT2D eigenvalue weighted by Gasteiger charge is -2.15. The van der Waals surface area contributed by atoms with Crippen molar-refractivity contribution in [3.8, 4) is 5.75 Å². The molecule has 0 fully saturated rings. The van der Waals surface area contributed by atoms with Crippen molar-refractivity contribution in [3.05, 3.63) is 70.0 Å². The first kappa shape index (κ1) is 16.1. The van der Waals surface area contributed by atoms with Gasteiger partial charge in [0.2, 0.25) is 0 Å². The van der Waals surface area contributed by atoms with Crippen molar-refractivity contribution in [2.45, 2.75) is 13.1 Å². The molecule has 0 aliphatic rings. The summed E-state index contributed by atoms with van der Waals surface area (Å²) >= 11 is 0. The zero-order valence-electron chi connectivity index (χ0n) is 13.6. The lowest BCUT2D eigenvalue weighted by molar-refractivity contribution is -0.908. The normalized spacial score (nSPS) is 12.3. The third-order valence-electron chi connectivity index (χ3n) is 3.87. The molecule has 124 valence electrons. The van der Waals surface area contributed by atoms with Gasteiger partial charge in [-0.05, 0) is 30.3 Å². The Bertz CT molecular complexity index is 924. The number of rotatable bonds is 5. The molecule has 1 unspecified atom stereocenters. The summed E-state index contributed by atoms with van der Waals surface area (Å²) in [5.41, 5.74) is 1.30. The number of benzene rings is 2. The summed E-state index contributed by atoms with van der Waals surface area (Å²) in [6.07, 6.45) is 0. The molecule has 5 nitrogen and oxygen atoms in total. The summed E-state index contributed by atoms with van der Waals surface area (Å²) < 4.78 is 18.7. The van der Waals surface area contributed by atoms with Crippen molar-refractivity contribution in [3.63, 3.8) is 0 Å². The van der Waals surface area contributed by atoms with Crippen molar-refractivity contribution in [1.82, 2.24) is 9.97 Å². The molecule has 0 amide bonds. The van der Waals surface area contributed by atoms with Crippen LogP contribution in [-0.2, 0) is 13.1 Å². The van der Waals surface area contributed by atoms with Crippen LogP contribution in [0.2, 0.25) is 0 Å². The van der Waals surface area contributed by atoms with Gasteiger partial charge < -0.3 is 14.6 Å². The van der Waals surface area contributed by atoms with E-state index in [2.05, 4.69) is 9.97 Å². The maximum absolute atomic E-state index is 13.5. The van der Waals surface area contributed by atoms with Crippen molar-refractivity contribution in [2.75, 3.05) is 14.2 Å². The SMILES string of the molecule is COc1ccc(F)cc1C[NH+](C)Cc1nc2ccccc2c(=O)[nH]1. The van der Waals surface area contributed by atoms with E-state index in [9.17, 15) is 9.18 Å². The first-order chi connectivity index (χ1) is 11.6. The molecule has 2 aromatic carbocycles. The van der Waals surface area contributed by atoms with Gasteiger partial charge in [0.25, 0.3) is 5.56 Å². The van der Waals surface area contributed by atoms with Crippen LogP contribution < -0.4 is 15.2 Å². The highest BCUT2D eigenvalue weighted by molar-refractivity contribution is 5.77. The van der Waals surface area contributed by atoms with E-state index in [1.807, 2.05) is 25.2 Å². The molecule has 1 aromatic heterocycles. The quantitative estimate of drug-likeness (QED) is 0.742. The zero-order valence-corrected chi connectivity index (χ0v) is 13.6. The predicted molar refractivity (Wildman–Crippen MR) is 89.6 cm³/mol. The van der Waals surface area contributed by atoms with E-state index in [-0.39, 0.29) is 11.4 Å². The molecule has 0 aliphatic heterocycles. The number of aromatic amines is 1. The Morgan fingerprint density at radius 2 is 2.00 bits per heavy atom. The van der Waals surface area contributed by atoms with Gasteiger partial charge in [-0.2, -0.15) is 0 Å². The van der Waals surface area contributed by atoms with E-state index < -0.39 is 0 Å².